The zero-order valence-corrected chi connectivity index (χ0v) is 15.8. The molecule has 1 fully saturated rings. The van der Waals surface area contributed by atoms with Crippen molar-refractivity contribution in [1.82, 2.24) is 29.1 Å². The molecule has 0 N–H and O–H groups in total. The number of aryl methyl sites for hydroxylation is 2. The van der Waals surface area contributed by atoms with Gasteiger partial charge in [0.05, 0.1) is 17.2 Å². The van der Waals surface area contributed by atoms with Crippen LogP contribution in [0.3, 0.4) is 0 Å². The maximum atomic E-state index is 12.2. The largest absolute Gasteiger partial charge is 0.368 e. The van der Waals surface area contributed by atoms with Crippen LogP contribution in [0.5, 0.6) is 0 Å². The molecule has 3 aromatic heterocycles. The van der Waals surface area contributed by atoms with Gasteiger partial charge in [-0.1, -0.05) is 0 Å². The molecule has 28 heavy (non-hydrogen) atoms. The van der Waals surface area contributed by atoms with Crippen molar-refractivity contribution >= 4 is 28.2 Å². The minimum absolute atomic E-state index is 0.0220. The Hall–Kier alpha value is -3.49. The molecule has 0 spiro atoms. The fourth-order valence-corrected chi connectivity index (χ4v) is 3.73. The van der Waals surface area contributed by atoms with Crippen LogP contribution in [-0.4, -0.2) is 55.3 Å². The first-order valence-electron chi connectivity index (χ1n) is 9.23. The van der Waals surface area contributed by atoms with Gasteiger partial charge in [0, 0.05) is 50.7 Å². The number of nitrogens with zero attached hydrogens (tertiary/aromatic N) is 8. The zero-order valence-electron chi connectivity index (χ0n) is 15.8. The monoisotopic (exact) mass is 376 g/mol. The summed E-state index contributed by atoms with van der Waals surface area (Å²) in [6, 6.07) is 7.93. The predicted octanol–water partition coefficient (Wildman–Crippen LogP) is 1.01. The Labute approximate surface area is 160 Å². The van der Waals surface area contributed by atoms with Gasteiger partial charge in [-0.2, -0.15) is 14.6 Å². The SMILES string of the molecule is Cc1cc(N2CCN(c3ccc4c(=O)n(C)cnc4c3)CC2)n2ncnc2n1. The summed E-state index contributed by atoms with van der Waals surface area (Å²) in [7, 11) is 1.72. The lowest BCUT2D eigenvalue weighted by atomic mass is 10.2. The highest BCUT2D eigenvalue weighted by Crippen LogP contribution is 2.23. The van der Waals surface area contributed by atoms with E-state index in [1.165, 1.54) is 10.9 Å². The molecule has 0 atom stereocenters. The molecule has 0 saturated carbocycles. The first kappa shape index (κ1) is 16.7. The minimum Gasteiger partial charge on any atom is -0.368 e. The lowest BCUT2D eigenvalue weighted by Gasteiger charge is -2.37. The molecule has 5 rings (SSSR count). The summed E-state index contributed by atoms with van der Waals surface area (Å²) in [5.41, 5.74) is 2.73. The van der Waals surface area contributed by atoms with Crippen LogP contribution in [0.4, 0.5) is 11.5 Å². The minimum atomic E-state index is -0.0220. The lowest BCUT2D eigenvalue weighted by molar-refractivity contribution is 0.638. The molecule has 0 unspecified atom stereocenters. The summed E-state index contributed by atoms with van der Waals surface area (Å²) in [5, 5.41) is 4.96. The average molecular weight is 376 g/mol. The van der Waals surface area contributed by atoms with Crippen LogP contribution < -0.4 is 15.4 Å². The van der Waals surface area contributed by atoms with E-state index < -0.39 is 0 Å². The van der Waals surface area contributed by atoms with Crippen molar-refractivity contribution in [3.63, 3.8) is 0 Å². The second-order valence-corrected chi connectivity index (χ2v) is 7.06. The highest BCUT2D eigenvalue weighted by atomic mass is 16.1. The quantitative estimate of drug-likeness (QED) is 0.516. The number of hydrogen-bond acceptors (Lipinski definition) is 7. The van der Waals surface area contributed by atoms with Crippen molar-refractivity contribution in [2.24, 2.45) is 7.05 Å². The first-order valence-corrected chi connectivity index (χ1v) is 9.23. The van der Waals surface area contributed by atoms with Crippen molar-refractivity contribution in [1.29, 1.82) is 0 Å². The maximum Gasteiger partial charge on any atom is 0.260 e. The Balaban J connectivity index is 1.40. The van der Waals surface area contributed by atoms with E-state index >= 15 is 0 Å². The number of rotatable bonds is 2. The van der Waals surface area contributed by atoms with Crippen LogP contribution in [0.15, 0.2) is 41.7 Å². The summed E-state index contributed by atoms with van der Waals surface area (Å²) in [4.78, 5) is 29.9. The van der Waals surface area contributed by atoms with Gasteiger partial charge < -0.3 is 14.4 Å². The molecule has 0 radical (unpaired) electrons. The third-order valence-corrected chi connectivity index (χ3v) is 5.23. The van der Waals surface area contributed by atoms with Gasteiger partial charge in [-0.25, -0.2) is 9.97 Å². The molecule has 4 aromatic rings. The molecule has 0 bridgehead atoms. The van der Waals surface area contributed by atoms with Crippen molar-refractivity contribution in [2.45, 2.75) is 6.92 Å². The smallest absolute Gasteiger partial charge is 0.260 e. The lowest BCUT2D eigenvalue weighted by Crippen LogP contribution is -2.47. The van der Waals surface area contributed by atoms with Gasteiger partial charge in [0.1, 0.15) is 12.1 Å². The van der Waals surface area contributed by atoms with Crippen LogP contribution in [0.2, 0.25) is 0 Å². The fraction of sp³-hybridized carbons (Fsp3) is 0.316. The van der Waals surface area contributed by atoms with Gasteiger partial charge in [0.15, 0.2) is 0 Å². The molecule has 1 aliphatic heterocycles. The highest BCUT2D eigenvalue weighted by molar-refractivity contribution is 5.81. The van der Waals surface area contributed by atoms with Crippen molar-refractivity contribution < 1.29 is 0 Å². The Morgan fingerprint density at radius 1 is 1.00 bits per heavy atom. The van der Waals surface area contributed by atoms with Crippen LogP contribution in [0.25, 0.3) is 16.7 Å². The maximum absolute atomic E-state index is 12.2. The van der Waals surface area contributed by atoms with Crippen molar-refractivity contribution in [3.8, 4) is 0 Å². The highest BCUT2D eigenvalue weighted by Gasteiger charge is 2.21. The second kappa shape index (κ2) is 6.29. The molecule has 4 heterocycles. The zero-order chi connectivity index (χ0) is 19.3. The summed E-state index contributed by atoms with van der Waals surface area (Å²) in [6.07, 6.45) is 3.11. The summed E-state index contributed by atoms with van der Waals surface area (Å²) >= 11 is 0. The van der Waals surface area contributed by atoms with Crippen LogP contribution in [0, 0.1) is 6.92 Å². The summed E-state index contributed by atoms with van der Waals surface area (Å²) in [5.74, 6) is 1.64. The molecule has 9 nitrogen and oxygen atoms in total. The third-order valence-electron chi connectivity index (χ3n) is 5.23. The molecule has 142 valence electrons. The standard InChI is InChI=1S/C19H20N8O/c1-13-9-17(27-19(23-13)20-11-22-27)26-7-5-25(6-8-26)14-3-4-15-16(10-14)21-12-24(2)18(15)28/h3-4,9-12H,5-8H2,1-2H3. The van der Waals surface area contributed by atoms with E-state index in [0.717, 1.165) is 48.9 Å². The summed E-state index contributed by atoms with van der Waals surface area (Å²) in [6.45, 7) is 5.43. The van der Waals surface area contributed by atoms with E-state index in [9.17, 15) is 4.79 Å². The van der Waals surface area contributed by atoms with Gasteiger partial charge in [-0.3, -0.25) is 4.79 Å². The van der Waals surface area contributed by atoms with E-state index in [1.54, 1.807) is 17.9 Å². The normalized spacial score (nSPS) is 14.9. The van der Waals surface area contributed by atoms with E-state index in [-0.39, 0.29) is 5.56 Å². The number of benzene rings is 1. The number of aromatic nitrogens is 6. The first-order chi connectivity index (χ1) is 13.6. The molecule has 9 heteroatoms. The fourth-order valence-electron chi connectivity index (χ4n) is 3.73. The van der Waals surface area contributed by atoms with Crippen LogP contribution >= 0.6 is 0 Å². The second-order valence-electron chi connectivity index (χ2n) is 7.06. The average Bonchev–Trinajstić information content (AvgIpc) is 3.18. The van der Waals surface area contributed by atoms with Gasteiger partial charge >= 0.3 is 0 Å². The number of hydrogen-bond donors (Lipinski definition) is 0. The molecule has 0 amide bonds. The summed E-state index contributed by atoms with van der Waals surface area (Å²) < 4.78 is 3.29. The van der Waals surface area contributed by atoms with E-state index in [4.69, 9.17) is 0 Å². The molecule has 0 aliphatic carbocycles. The van der Waals surface area contributed by atoms with Gasteiger partial charge in [-0.15, -0.1) is 0 Å². The van der Waals surface area contributed by atoms with E-state index in [0.29, 0.717) is 11.2 Å². The van der Waals surface area contributed by atoms with Gasteiger partial charge in [0.2, 0.25) is 0 Å². The molecular weight excluding hydrogens is 356 g/mol. The number of anilines is 2. The van der Waals surface area contributed by atoms with E-state index in [1.807, 2.05) is 31.2 Å². The van der Waals surface area contributed by atoms with Crippen LogP contribution in [-0.2, 0) is 7.05 Å². The van der Waals surface area contributed by atoms with Crippen LogP contribution in [0.1, 0.15) is 5.69 Å². The topological polar surface area (TPSA) is 84.5 Å². The number of piperazine rings is 1. The molecular formula is C19H20N8O. The molecule has 1 aliphatic rings. The van der Waals surface area contributed by atoms with Crippen molar-refractivity contribution in [2.75, 3.05) is 36.0 Å². The Bertz CT molecular complexity index is 1240. The molecule has 1 saturated heterocycles. The Kier molecular flexibility index (Phi) is 3.75. The van der Waals surface area contributed by atoms with E-state index in [2.05, 4.69) is 29.9 Å². The Morgan fingerprint density at radius 3 is 2.61 bits per heavy atom. The van der Waals surface area contributed by atoms with Gasteiger partial charge in [-0.05, 0) is 25.1 Å². The predicted molar refractivity (Wildman–Crippen MR) is 107 cm³/mol. The molecule has 1 aromatic carbocycles. The number of fused-ring (bicyclic) bond motifs is 2. The van der Waals surface area contributed by atoms with Crippen molar-refractivity contribution in [3.05, 3.63) is 53.0 Å². The van der Waals surface area contributed by atoms with Gasteiger partial charge in [0.25, 0.3) is 11.3 Å². The Morgan fingerprint density at radius 2 is 1.79 bits per heavy atom. The third kappa shape index (κ3) is 2.67.